The Morgan fingerprint density at radius 2 is 1.71 bits per heavy atom. The molecule has 1 atom stereocenters. The van der Waals surface area contributed by atoms with Gasteiger partial charge in [-0.15, -0.1) is 23.5 Å². The third-order valence-corrected chi connectivity index (χ3v) is 6.09. The van der Waals surface area contributed by atoms with Gasteiger partial charge in [-0.05, 0) is 49.7 Å². The third kappa shape index (κ3) is 6.42. The first-order valence-corrected chi connectivity index (χ1v) is 10.2. The largest absolute Gasteiger partial charge is 0.354 e. The number of carbonyl (C=O) groups excluding carboxylic acids is 1. The zero-order valence-electron chi connectivity index (χ0n) is 13.9. The van der Waals surface area contributed by atoms with Crippen LogP contribution in [0.4, 0.5) is 0 Å². The van der Waals surface area contributed by atoms with Crippen molar-refractivity contribution in [3.63, 3.8) is 0 Å². The van der Waals surface area contributed by atoms with E-state index in [1.807, 2.05) is 31.2 Å². The van der Waals surface area contributed by atoms with E-state index in [4.69, 9.17) is 11.6 Å². The van der Waals surface area contributed by atoms with E-state index in [1.165, 1.54) is 10.5 Å². The Bertz CT molecular complexity index is 643. The maximum Gasteiger partial charge on any atom is 0.233 e. The van der Waals surface area contributed by atoms with Gasteiger partial charge in [-0.1, -0.05) is 36.2 Å². The third-order valence-electron chi connectivity index (χ3n) is 3.45. The van der Waals surface area contributed by atoms with Crippen molar-refractivity contribution in [2.45, 2.75) is 35.3 Å². The first kappa shape index (κ1) is 19.2. The first-order valence-electron chi connectivity index (χ1n) is 7.98. The number of hydrogen-bond acceptors (Lipinski definition) is 3. The van der Waals surface area contributed by atoms with Gasteiger partial charge in [-0.2, -0.15) is 0 Å². The van der Waals surface area contributed by atoms with Crippen LogP contribution in [0.1, 0.15) is 18.9 Å². The van der Waals surface area contributed by atoms with Gasteiger partial charge in [0.1, 0.15) is 0 Å². The minimum absolute atomic E-state index is 0.0736. The van der Waals surface area contributed by atoms with Crippen LogP contribution in [0, 0.1) is 6.92 Å². The lowest BCUT2D eigenvalue weighted by Gasteiger charge is -2.14. The highest BCUT2D eigenvalue weighted by molar-refractivity contribution is 8.00. The Kier molecular flexibility index (Phi) is 8.03. The van der Waals surface area contributed by atoms with Crippen LogP contribution in [0.3, 0.4) is 0 Å². The number of halogens is 1. The van der Waals surface area contributed by atoms with Gasteiger partial charge in [-0.25, -0.2) is 0 Å². The zero-order valence-corrected chi connectivity index (χ0v) is 16.3. The highest BCUT2D eigenvalue weighted by Gasteiger charge is 2.17. The number of thioether (sulfide) groups is 2. The molecule has 2 nitrogen and oxygen atoms in total. The van der Waals surface area contributed by atoms with Gasteiger partial charge in [0.25, 0.3) is 0 Å². The number of carbonyl (C=O) groups is 1. The summed E-state index contributed by atoms with van der Waals surface area (Å²) < 4.78 is 0. The molecule has 5 heteroatoms. The molecule has 0 unspecified atom stereocenters. The fourth-order valence-electron chi connectivity index (χ4n) is 2.09. The molecule has 1 N–H and O–H groups in total. The van der Waals surface area contributed by atoms with Crippen LogP contribution < -0.4 is 5.32 Å². The molecule has 0 spiro atoms. The molecule has 0 bridgehead atoms. The van der Waals surface area contributed by atoms with E-state index in [2.05, 4.69) is 36.5 Å². The van der Waals surface area contributed by atoms with Crippen LogP contribution in [0.5, 0.6) is 0 Å². The lowest BCUT2D eigenvalue weighted by molar-refractivity contribution is -0.120. The van der Waals surface area contributed by atoms with Crippen LogP contribution in [-0.4, -0.2) is 23.5 Å². The standard InChI is InChI=1S/C19H22ClNOS2/c1-3-18(24-17-10-6-15(20)7-11-17)19(22)21-12-13-23-16-8-4-14(2)5-9-16/h4-11,18H,3,12-13H2,1-2H3,(H,21,22)/t18-/m1/s1. The molecule has 0 saturated carbocycles. The van der Waals surface area contributed by atoms with Crippen molar-refractivity contribution in [2.75, 3.05) is 12.3 Å². The van der Waals surface area contributed by atoms with Crippen LogP contribution in [0.2, 0.25) is 5.02 Å². The van der Waals surface area contributed by atoms with Gasteiger partial charge >= 0.3 is 0 Å². The molecule has 2 rings (SSSR count). The lowest BCUT2D eigenvalue weighted by atomic mass is 10.2. The van der Waals surface area contributed by atoms with E-state index < -0.39 is 0 Å². The average Bonchev–Trinajstić information content (AvgIpc) is 2.59. The van der Waals surface area contributed by atoms with Crippen molar-refractivity contribution in [2.24, 2.45) is 0 Å². The first-order chi connectivity index (χ1) is 11.6. The van der Waals surface area contributed by atoms with Gasteiger partial charge in [0.2, 0.25) is 5.91 Å². The van der Waals surface area contributed by atoms with Crippen LogP contribution >= 0.6 is 35.1 Å². The molecule has 128 valence electrons. The molecule has 0 radical (unpaired) electrons. The lowest BCUT2D eigenvalue weighted by Crippen LogP contribution is -2.33. The highest BCUT2D eigenvalue weighted by atomic mass is 35.5. The summed E-state index contributed by atoms with van der Waals surface area (Å²) in [6.07, 6.45) is 0.796. The second-order valence-electron chi connectivity index (χ2n) is 5.42. The Labute approximate surface area is 157 Å². The monoisotopic (exact) mass is 379 g/mol. The second kappa shape index (κ2) is 10.0. The van der Waals surface area contributed by atoms with E-state index in [1.54, 1.807) is 23.5 Å². The topological polar surface area (TPSA) is 29.1 Å². The molecule has 0 aliphatic carbocycles. The Morgan fingerprint density at radius 3 is 2.33 bits per heavy atom. The Balaban J connectivity index is 1.75. The minimum Gasteiger partial charge on any atom is -0.354 e. The van der Waals surface area contributed by atoms with Crippen LogP contribution in [0.25, 0.3) is 0 Å². The van der Waals surface area contributed by atoms with Crippen molar-refractivity contribution in [1.82, 2.24) is 5.32 Å². The molecular formula is C19H22ClNOS2. The van der Waals surface area contributed by atoms with Crippen molar-refractivity contribution >= 4 is 41.0 Å². The fourth-order valence-corrected chi connectivity index (χ4v) is 3.96. The van der Waals surface area contributed by atoms with Crippen LogP contribution in [-0.2, 0) is 4.79 Å². The Hall–Kier alpha value is -1.10. The summed E-state index contributed by atoms with van der Waals surface area (Å²) in [4.78, 5) is 14.6. The maximum absolute atomic E-state index is 12.3. The Morgan fingerprint density at radius 1 is 1.08 bits per heavy atom. The van der Waals surface area contributed by atoms with E-state index in [0.29, 0.717) is 11.6 Å². The predicted octanol–water partition coefficient (Wildman–Crippen LogP) is 5.43. The fraction of sp³-hybridized carbons (Fsp3) is 0.316. The van der Waals surface area contributed by atoms with Crippen molar-refractivity contribution in [3.8, 4) is 0 Å². The molecule has 2 aromatic carbocycles. The molecule has 0 fully saturated rings. The summed E-state index contributed by atoms with van der Waals surface area (Å²) >= 11 is 9.24. The number of benzene rings is 2. The minimum atomic E-state index is -0.0736. The summed E-state index contributed by atoms with van der Waals surface area (Å²) in [7, 11) is 0. The number of aryl methyl sites for hydroxylation is 1. The summed E-state index contributed by atoms with van der Waals surface area (Å²) in [5, 5.41) is 3.68. The number of amides is 1. The van der Waals surface area contributed by atoms with Gasteiger partial charge in [-0.3, -0.25) is 4.79 Å². The summed E-state index contributed by atoms with van der Waals surface area (Å²) in [6, 6.07) is 16.1. The molecule has 0 heterocycles. The molecule has 0 aromatic heterocycles. The predicted molar refractivity (Wildman–Crippen MR) is 106 cm³/mol. The van der Waals surface area contributed by atoms with Gasteiger partial charge in [0.15, 0.2) is 0 Å². The summed E-state index contributed by atoms with van der Waals surface area (Å²) in [5.74, 6) is 0.971. The van der Waals surface area contributed by atoms with E-state index in [9.17, 15) is 4.79 Å². The van der Waals surface area contributed by atoms with Crippen molar-refractivity contribution in [3.05, 3.63) is 59.1 Å². The molecular weight excluding hydrogens is 358 g/mol. The number of rotatable bonds is 8. The second-order valence-corrected chi connectivity index (χ2v) is 8.30. The average molecular weight is 380 g/mol. The number of hydrogen-bond donors (Lipinski definition) is 1. The molecule has 0 saturated heterocycles. The van der Waals surface area contributed by atoms with Gasteiger partial charge in [0, 0.05) is 27.1 Å². The van der Waals surface area contributed by atoms with Crippen LogP contribution in [0.15, 0.2) is 58.3 Å². The summed E-state index contributed by atoms with van der Waals surface area (Å²) in [5.41, 5.74) is 1.26. The quantitative estimate of drug-likeness (QED) is 0.490. The van der Waals surface area contributed by atoms with Crippen molar-refractivity contribution in [1.29, 1.82) is 0 Å². The molecule has 1 amide bonds. The van der Waals surface area contributed by atoms with E-state index in [-0.39, 0.29) is 11.2 Å². The molecule has 0 aliphatic heterocycles. The zero-order chi connectivity index (χ0) is 17.4. The SMILES string of the molecule is CC[C@@H](Sc1ccc(Cl)cc1)C(=O)NCCSc1ccc(C)cc1. The molecule has 24 heavy (non-hydrogen) atoms. The van der Waals surface area contributed by atoms with E-state index >= 15 is 0 Å². The summed E-state index contributed by atoms with van der Waals surface area (Å²) in [6.45, 7) is 4.79. The van der Waals surface area contributed by atoms with Gasteiger partial charge < -0.3 is 5.32 Å². The number of nitrogens with one attached hydrogen (secondary N) is 1. The maximum atomic E-state index is 12.3. The highest BCUT2D eigenvalue weighted by Crippen LogP contribution is 2.26. The van der Waals surface area contributed by atoms with Crippen molar-refractivity contribution < 1.29 is 4.79 Å². The molecule has 2 aromatic rings. The smallest absolute Gasteiger partial charge is 0.233 e. The van der Waals surface area contributed by atoms with Gasteiger partial charge in [0.05, 0.1) is 5.25 Å². The molecule has 0 aliphatic rings. The normalized spacial score (nSPS) is 12.0. The van der Waals surface area contributed by atoms with E-state index in [0.717, 1.165) is 17.1 Å².